The molecule has 110 valence electrons. The average molecular weight is 269 g/mol. The molecule has 4 nitrogen and oxygen atoms in total. The molecule has 4 heteroatoms. The van der Waals surface area contributed by atoms with E-state index in [1.807, 2.05) is 6.92 Å². The Labute approximate surface area is 116 Å². The van der Waals surface area contributed by atoms with Gasteiger partial charge in [-0.2, -0.15) is 0 Å². The van der Waals surface area contributed by atoms with Crippen LogP contribution in [0, 0.1) is 11.8 Å². The van der Waals surface area contributed by atoms with Gasteiger partial charge >= 0.3 is 5.97 Å². The van der Waals surface area contributed by atoms with E-state index in [2.05, 4.69) is 19.2 Å². The minimum atomic E-state index is -0.626. The van der Waals surface area contributed by atoms with Gasteiger partial charge in [-0.15, -0.1) is 0 Å². The van der Waals surface area contributed by atoms with Crippen LogP contribution in [-0.2, 0) is 14.3 Å². The lowest BCUT2D eigenvalue weighted by atomic mass is 9.93. The van der Waals surface area contributed by atoms with Crippen LogP contribution < -0.4 is 5.32 Å². The fraction of sp³-hybridized carbons (Fsp3) is 0.933. The van der Waals surface area contributed by atoms with Gasteiger partial charge in [-0.3, -0.25) is 5.32 Å². The summed E-state index contributed by atoms with van der Waals surface area (Å²) in [6.45, 7) is 7.65. The van der Waals surface area contributed by atoms with E-state index in [9.17, 15) is 4.79 Å². The Hall–Kier alpha value is -0.610. The van der Waals surface area contributed by atoms with E-state index < -0.39 is 5.54 Å². The topological polar surface area (TPSA) is 47.6 Å². The summed E-state index contributed by atoms with van der Waals surface area (Å²) in [5.74, 6) is 0.952. The van der Waals surface area contributed by atoms with Gasteiger partial charge in [-0.1, -0.05) is 0 Å². The van der Waals surface area contributed by atoms with Crippen molar-refractivity contribution >= 4 is 5.97 Å². The molecule has 0 aromatic rings. The number of esters is 1. The maximum Gasteiger partial charge on any atom is 0.329 e. The van der Waals surface area contributed by atoms with E-state index >= 15 is 0 Å². The molecule has 0 spiro atoms. The molecule has 2 saturated carbocycles. The fourth-order valence-electron chi connectivity index (χ4n) is 2.58. The molecule has 0 bridgehead atoms. The molecular formula is C15H27NO3. The molecule has 2 aliphatic rings. The molecule has 0 saturated heterocycles. The molecular weight excluding hydrogens is 242 g/mol. The summed E-state index contributed by atoms with van der Waals surface area (Å²) in [5.41, 5.74) is -0.626. The van der Waals surface area contributed by atoms with E-state index in [1.54, 1.807) is 0 Å². The first-order valence-electron chi connectivity index (χ1n) is 7.61. The highest BCUT2D eigenvalue weighted by Crippen LogP contribution is 2.41. The van der Waals surface area contributed by atoms with Crippen LogP contribution in [0.5, 0.6) is 0 Å². The average Bonchev–Trinajstić information content (AvgIpc) is 3.20. The van der Waals surface area contributed by atoms with Crippen LogP contribution in [-0.4, -0.2) is 37.4 Å². The zero-order valence-electron chi connectivity index (χ0n) is 12.4. The van der Waals surface area contributed by atoms with Crippen LogP contribution in [0.4, 0.5) is 0 Å². The van der Waals surface area contributed by atoms with E-state index in [-0.39, 0.29) is 12.0 Å². The van der Waals surface area contributed by atoms with E-state index in [0.717, 1.165) is 25.4 Å². The normalized spacial score (nSPS) is 22.3. The second kappa shape index (κ2) is 6.23. The molecule has 1 N–H and O–H groups in total. The van der Waals surface area contributed by atoms with Crippen molar-refractivity contribution in [3.8, 4) is 0 Å². The second-order valence-electron chi connectivity index (χ2n) is 6.22. The van der Waals surface area contributed by atoms with Crippen molar-refractivity contribution in [2.24, 2.45) is 11.8 Å². The van der Waals surface area contributed by atoms with Gasteiger partial charge < -0.3 is 9.47 Å². The van der Waals surface area contributed by atoms with Crippen molar-refractivity contribution in [2.75, 3.05) is 19.8 Å². The molecule has 0 aromatic carbocycles. The predicted octanol–water partition coefficient (Wildman–Crippen LogP) is 2.12. The van der Waals surface area contributed by atoms with Gasteiger partial charge in [0.2, 0.25) is 0 Å². The Morgan fingerprint density at radius 1 is 1.32 bits per heavy atom. The summed E-state index contributed by atoms with van der Waals surface area (Å²) in [5, 5.41) is 3.43. The molecule has 2 fully saturated rings. The van der Waals surface area contributed by atoms with Crippen LogP contribution in [0.3, 0.4) is 0 Å². The number of hydrogen-bond acceptors (Lipinski definition) is 4. The summed E-state index contributed by atoms with van der Waals surface area (Å²) < 4.78 is 11.1. The van der Waals surface area contributed by atoms with Crippen LogP contribution >= 0.6 is 0 Å². The van der Waals surface area contributed by atoms with Crippen molar-refractivity contribution < 1.29 is 14.3 Å². The van der Waals surface area contributed by atoms with E-state index in [0.29, 0.717) is 19.1 Å². The van der Waals surface area contributed by atoms with Crippen LogP contribution in [0.2, 0.25) is 0 Å². The van der Waals surface area contributed by atoms with Gasteiger partial charge in [-0.25, -0.2) is 4.79 Å². The maximum atomic E-state index is 12.4. The van der Waals surface area contributed by atoms with Crippen molar-refractivity contribution in [3.05, 3.63) is 0 Å². The predicted molar refractivity (Wildman–Crippen MR) is 73.9 cm³/mol. The zero-order chi connectivity index (χ0) is 13.9. The van der Waals surface area contributed by atoms with Crippen molar-refractivity contribution in [2.45, 2.75) is 58.0 Å². The van der Waals surface area contributed by atoms with Gasteiger partial charge in [0.1, 0.15) is 5.54 Å². The molecule has 0 aromatic heterocycles. The Bertz CT molecular complexity index is 311. The first-order chi connectivity index (χ1) is 9.08. The minimum absolute atomic E-state index is 0.137. The highest BCUT2D eigenvalue weighted by atomic mass is 16.5. The summed E-state index contributed by atoms with van der Waals surface area (Å²) >= 11 is 0. The fourth-order valence-corrected chi connectivity index (χ4v) is 2.58. The molecule has 1 atom stereocenters. The lowest BCUT2D eigenvalue weighted by molar-refractivity contribution is -0.156. The Morgan fingerprint density at radius 2 is 2.00 bits per heavy atom. The standard InChI is InChI=1S/C15H27NO3/c1-4-19-14(17)15(13-7-8-13,16-11(2)3)10-18-9-12-5-6-12/h11-13,16H,4-10H2,1-3H3. The van der Waals surface area contributed by atoms with Crippen LogP contribution in [0.15, 0.2) is 0 Å². The number of carbonyl (C=O) groups is 1. The maximum absolute atomic E-state index is 12.4. The van der Waals surface area contributed by atoms with Gasteiger partial charge in [-0.05, 0) is 58.3 Å². The largest absolute Gasteiger partial charge is 0.465 e. The molecule has 19 heavy (non-hydrogen) atoms. The highest BCUT2D eigenvalue weighted by molar-refractivity contribution is 5.82. The summed E-state index contributed by atoms with van der Waals surface area (Å²) in [6.07, 6.45) is 4.72. The third-order valence-electron chi connectivity index (χ3n) is 3.84. The smallest absolute Gasteiger partial charge is 0.329 e. The van der Waals surface area contributed by atoms with E-state index in [4.69, 9.17) is 9.47 Å². The lowest BCUT2D eigenvalue weighted by Crippen LogP contribution is -2.60. The highest BCUT2D eigenvalue weighted by Gasteiger charge is 2.52. The summed E-state index contributed by atoms with van der Waals surface area (Å²) in [4.78, 5) is 12.4. The molecule has 2 rings (SSSR count). The van der Waals surface area contributed by atoms with Crippen LogP contribution in [0.1, 0.15) is 46.5 Å². The number of nitrogens with one attached hydrogen (secondary N) is 1. The molecule has 1 unspecified atom stereocenters. The third-order valence-corrected chi connectivity index (χ3v) is 3.84. The second-order valence-corrected chi connectivity index (χ2v) is 6.22. The molecule has 0 heterocycles. The number of hydrogen-bond donors (Lipinski definition) is 1. The molecule has 2 aliphatic carbocycles. The summed E-state index contributed by atoms with van der Waals surface area (Å²) in [6, 6.07) is 0.245. The monoisotopic (exact) mass is 269 g/mol. The molecule has 0 radical (unpaired) electrons. The lowest BCUT2D eigenvalue weighted by Gasteiger charge is -2.34. The quantitative estimate of drug-likeness (QED) is 0.651. The van der Waals surface area contributed by atoms with Crippen molar-refractivity contribution in [3.63, 3.8) is 0 Å². The van der Waals surface area contributed by atoms with Gasteiger partial charge in [0.25, 0.3) is 0 Å². The number of rotatable bonds is 9. The SMILES string of the molecule is CCOC(=O)C(COCC1CC1)(NC(C)C)C1CC1. The van der Waals surface area contributed by atoms with E-state index in [1.165, 1.54) is 12.8 Å². The Morgan fingerprint density at radius 3 is 2.47 bits per heavy atom. The first kappa shape index (κ1) is 14.8. The molecule has 0 aliphatic heterocycles. The van der Waals surface area contributed by atoms with Gasteiger partial charge in [0.15, 0.2) is 0 Å². The number of carbonyl (C=O) groups excluding carboxylic acids is 1. The van der Waals surface area contributed by atoms with Crippen molar-refractivity contribution in [1.29, 1.82) is 0 Å². The molecule has 0 amide bonds. The van der Waals surface area contributed by atoms with Gasteiger partial charge in [0.05, 0.1) is 13.2 Å². The zero-order valence-corrected chi connectivity index (χ0v) is 12.4. The first-order valence-corrected chi connectivity index (χ1v) is 7.61. The summed E-state index contributed by atoms with van der Waals surface area (Å²) in [7, 11) is 0. The van der Waals surface area contributed by atoms with Gasteiger partial charge in [0, 0.05) is 12.6 Å². The van der Waals surface area contributed by atoms with Crippen LogP contribution in [0.25, 0.3) is 0 Å². The third kappa shape index (κ3) is 3.93. The Balaban J connectivity index is 2.00. The van der Waals surface area contributed by atoms with Crippen molar-refractivity contribution in [1.82, 2.24) is 5.32 Å². The Kier molecular flexibility index (Phi) is 4.85. The minimum Gasteiger partial charge on any atom is -0.465 e. The number of ether oxygens (including phenoxy) is 2.